The number of carboxylic acid groups (broad SMARTS) is 1. The van der Waals surface area contributed by atoms with E-state index in [0.29, 0.717) is 12.2 Å². The average Bonchev–Trinajstić information content (AvgIpc) is 2.65. The van der Waals surface area contributed by atoms with E-state index in [2.05, 4.69) is 16.0 Å². The van der Waals surface area contributed by atoms with Crippen molar-refractivity contribution in [2.24, 2.45) is 11.7 Å². The van der Waals surface area contributed by atoms with Crippen molar-refractivity contribution in [3.05, 3.63) is 0 Å². The van der Waals surface area contributed by atoms with Gasteiger partial charge in [-0.2, -0.15) is 11.8 Å². The minimum absolute atomic E-state index is 0.117. The number of aliphatic hydroxyl groups is 1. The number of aliphatic carboxylic acids is 1. The summed E-state index contributed by atoms with van der Waals surface area (Å²) in [5.74, 6) is -2.78. The highest BCUT2D eigenvalue weighted by molar-refractivity contribution is 7.98. The number of carboxylic acids is 1. The topological polar surface area (TPSA) is 171 Å². The quantitative estimate of drug-likeness (QED) is 0.213. The van der Waals surface area contributed by atoms with Crippen LogP contribution in [0.1, 0.15) is 33.6 Å². The van der Waals surface area contributed by atoms with Crippen LogP contribution in [0.3, 0.4) is 0 Å². The smallest absolute Gasteiger partial charge is 0.322 e. The van der Waals surface area contributed by atoms with Gasteiger partial charge in [-0.25, -0.2) is 0 Å². The molecule has 0 radical (unpaired) electrons. The van der Waals surface area contributed by atoms with Crippen LogP contribution in [-0.4, -0.2) is 76.7 Å². The third kappa shape index (κ3) is 9.38. The number of aliphatic hydroxyl groups excluding tert-OH is 1. The monoisotopic (exact) mass is 420 g/mol. The normalized spacial score (nSPS) is 16.2. The Morgan fingerprint density at radius 2 is 1.68 bits per heavy atom. The summed E-state index contributed by atoms with van der Waals surface area (Å²) in [6.07, 6.45) is 1.52. The number of carbonyl (C=O) groups is 4. The lowest BCUT2D eigenvalue weighted by molar-refractivity contribution is -0.138. The Kier molecular flexibility index (Phi) is 12.5. The Labute approximate surface area is 169 Å². The highest BCUT2D eigenvalue weighted by Gasteiger charge is 2.31. The first-order valence-electron chi connectivity index (χ1n) is 9.07. The number of nitrogens with one attached hydrogen (secondary N) is 3. The predicted molar refractivity (Wildman–Crippen MR) is 107 cm³/mol. The summed E-state index contributed by atoms with van der Waals surface area (Å²) in [6, 6.07) is -3.14. The van der Waals surface area contributed by atoms with E-state index in [-0.39, 0.29) is 12.3 Å². The third-order valence-electron chi connectivity index (χ3n) is 4.28. The van der Waals surface area contributed by atoms with Gasteiger partial charge in [0.25, 0.3) is 0 Å². The molecular formula is C17H32N4O6S. The van der Waals surface area contributed by atoms with Crippen LogP contribution in [-0.2, 0) is 19.2 Å². The van der Waals surface area contributed by atoms with Gasteiger partial charge >= 0.3 is 5.97 Å². The highest BCUT2D eigenvalue weighted by atomic mass is 32.2. The summed E-state index contributed by atoms with van der Waals surface area (Å²) in [6.45, 7) is 4.43. The molecule has 0 aliphatic carbocycles. The molecule has 162 valence electrons. The van der Waals surface area contributed by atoms with Crippen LogP contribution >= 0.6 is 11.8 Å². The Balaban J connectivity index is 5.15. The van der Waals surface area contributed by atoms with E-state index in [1.165, 1.54) is 18.7 Å². The van der Waals surface area contributed by atoms with Gasteiger partial charge in [-0.05, 0) is 31.3 Å². The third-order valence-corrected chi connectivity index (χ3v) is 4.92. The van der Waals surface area contributed by atoms with Crippen molar-refractivity contribution in [3.63, 3.8) is 0 Å². The van der Waals surface area contributed by atoms with Gasteiger partial charge in [-0.1, -0.05) is 20.3 Å². The number of thioether (sulfide) groups is 1. The lowest BCUT2D eigenvalue weighted by atomic mass is 9.98. The maximum atomic E-state index is 12.6. The summed E-state index contributed by atoms with van der Waals surface area (Å²) in [7, 11) is 0. The number of hydrogen-bond acceptors (Lipinski definition) is 7. The number of rotatable bonds is 13. The minimum atomic E-state index is -1.30. The molecule has 5 unspecified atom stereocenters. The molecule has 0 saturated carbocycles. The van der Waals surface area contributed by atoms with E-state index >= 15 is 0 Å². The van der Waals surface area contributed by atoms with Gasteiger partial charge in [0.15, 0.2) is 0 Å². The zero-order valence-corrected chi connectivity index (χ0v) is 17.5. The van der Waals surface area contributed by atoms with E-state index in [1.54, 1.807) is 6.92 Å². The number of hydrogen-bond donors (Lipinski definition) is 6. The first kappa shape index (κ1) is 26.1. The van der Waals surface area contributed by atoms with Crippen molar-refractivity contribution >= 4 is 35.5 Å². The Morgan fingerprint density at radius 1 is 1.07 bits per heavy atom. The first-order valence-corrected chi connectivity index (χ1v) is 10.5. The lowest BCUT2D eigenvalue weighted by Gasteiger charge is -2.26. The molecule has 0 aromatic carbocycles. The van der Waals surface area contributed by atoms with Crippen LogP contribution in [0.2, 0.25) is 0 Å². The Bertz CT molecular complexity index is 546. The van der Waals surface area contributed by atoms with E-state index in [1.807, 2.05) is 13.2 Å². The van der Waals surface area contributed by atoms with Gasteiger partial charge in [0.2, 0.25) is 17.7 Å². The van der Waals surface area contributed by atoms with E-state index in [0.717, 1.165) is 0 Å². The first-order chi connectivity index (χ1) is 13.0. The van der Waals surface area contributed by atoms with E-state index < -0.39 is 54.5 Å². The maximum Gasteiger partial charge on any atom is 0.322 e. The molecule has 0 fully saturated rings. The van der Waals surface area contributed by atoms with Crippen molar-refractivity contribution in [3.8, 4) is 0 Å². The second kappa shape index (κ2) is 13.3. The van der Waals surface area contributed by atoms with Crippen LogP contribution < -0.4 is 21.7 Å². The van der Waals surface area contributed by atoms with E-state index in [9.17, 15) is 24.3 Å². The molecule has 7 N–H and O–H groups in total. The second-order valence-electron chi connectivity index (χ2n) is 6.59. The largest absolute Gasteiger partial charge is 0.480 e. The fourth-order valence-corrected chi connectivity index (χ4v) is 2.69. The molecule has 0 aliphatic heterocycles. The number of carbonyl (C=O) groups excluding carboxylic acids is 3. The van der Waals surface area contributed by atoms with Gasteiger partial charge in [0.05, 0.1) is 12.1 Å². The van der Waals surface area contributed by atoms with Crippen LogP contribution in [0.15, 0.2) is 0 Å². The summed E-state index contributed by atoms with van der Waals surface area (Å²) in [4.78, 5) is 47.6. The number of amides is 3. The van der Waals surface area contributed by atoms with Gasteiger partial charge in [0.1, 0.15) is 18.6 Å². The molecule has 0 aromatic heterocycles. The predicted octanol–water partition coefficient (Wildman–Crippen LogP) is -1.34. The van der Waals surface area contributed by atoms with Crippen molar-refractivity contribution in [1.29, 1.82) is 0 Å². The molecule has 0 bridgehead atoms. The molecule has 0 saturated heterocycles. The molecule has 11 heteroatoms. The van der Waals surface area contributed by atoms with E-state index in [4.69, 9.17) is 10.8 Å². The Hall–Kier alpha value is -1.85. The number of nitrogens with two attached hydrogens (primary N) is 1. The Morgan fingerprint density at radius 3 is 2.14 bits per heavy atom. The van der Waals surface area contributed by atoms with Gasteiger partial charge in [-0.3, -0.25) is 19.2 Å². The molecule has 0 rings (SSSR count). The molecule has 0 spiro atoms. The molecule has 0 heterocycles. The molecule has 0 aromatic rings. The molecular weight excluding hydrogens is 388 g/mol. The molecule has 3 amide bonds. The zero-order valence-electron chi connectivity index (χ0n) is 16.7. The molecule has 0 aliphatic rings. The van der Waals surface area contributed by atoms with Crippen LogP contribution in [0.5, 0.6) is 0 Å². The van der Waals surface area contributed by atoms with Crippen LogP contribution in [0.4, 0.5) is 0 Å². The maximum absolute atomic E-state index is 12.6. The van der Waals surface area contributed by atoms with Gasteiger partial charge in [-0.15, -0.1) is 0 Å². The minimum Gasteiger partial charge on any atom is -0.480 e. The highest BCUT2D eigenvalue weighted by Crippen LogP contribution is 2.07. The standard InChI is InChI=1S/C17H32N4O6S/c1-5-9(2)13(18)16(26)21-14(10(3)22)17(27)20-11(6-7-28-4)15(25)19-8-12(23)24/h9-11,13-14,22H,5-8,18H2,1-4H3,(H,19,25)(H,20,27)(H,21,26)(H,23,24). The molecule has 5 atom stereocenters. The molecule has 10 nitrogen and oxygen atoms in total. The lowest BCUT2D eigenvalue weighted by Crippen LogP contribution is -2.59. The summed E-state index contributed by atoms with van der Waals surface area (Å²) >= 11 is 1.45. The van der Waals surface area contributed by atoms with Crippen molar-refractivity contribution in [2.75, 3.05) is 18.6 Å². The SMILES string of the molecule is CCC(C)C(N)C(=O)NC(C(=O)NC(CCSC)C(=O)NCC(=O)O)C(C)O. The van der Waals surface area contributed by atoms with Crippen molar-refractivity contribution in [1.82, 2.24) is 16.0 Å². The van der Waals surface area contributed by atoms with Gasteiger partial charge < -0.3 is 31.9 Å². The fourth-order valence-electron chi connectivity index (χ4n) is 2.22. The summed E-state index contributed by atoms with van der Waals surface area (Å²) in [5, 5.41) is 25.7. The zero-order chi connectivity index (χ0) is 21.9. The van der Waals surface area contributed by atoms with Crippen LogP contribution in [0, 0.1) is 5.92 Å². The summed E-state index contributed by atoms with van der Waals surface area (Å²) in [5.41, 5.74) is 5.86. The average molecular weight is 421 g/mol. The second-order valence-corrected chi connectivity index (χ2v) is 7.58. The van der Waals surface area contributed by atoms with Gasteiger partial charge in [0, 0.05) is 0 Å². The fraction of sp³-hybridized carbons (Fsp3) is 0.765. The van der Waals surface area contributed by atoms with Crippen molar-refractivity contribution < 1.29 is 29.4 Å². The van der Waals surface area contributed by atoms with Crippen molar-refractivity contribution in [2.45, 2.75) is 57.8 Å². The molecule has 28 heavy (non-hydrogen) atoms. The van der Waals surface area contributed by atoms with Crippen LogP contribution in [0.25, 0.3) is 0 Å². The summed E-state index contributed by atoms with van der Waals surface area (Å²) < 4.78 is 0.